The molecule has 166 valence electrons. The normalized spacial score (nSPS) is 11.5. The Bertz CT molecular complexity index is 1090. The second kappa shape index (κ2) is 9.92. The van der Waals surface area contributed by atoms with E-state index in [4.69, 9.17) is 4.74 Å². The number of carbonyl (C=O) groups excluding carboxylic acids is 2. The van der Waals surface area contributed by atoms with Crippen molar-refractivity contribution in [2.75, 3.05) is 13.2 Å². The van der Waals surface area contributed by atoms with Crippen LogP contribution in [0.2, 0.25) is 0 Å². The average Bonchev–Trinajstić information content (AvgIpc) is 2.71. The minimum absolute atomic E-state index is 0.00986. The van der Waals surface area contributed by atoms with E-state index in [9.17, 15) is 32.3 Å². The minimum Gasteiger partial charge on any atom is -0.452 e. The molecule has 0 saturated carbocycles. The van der Waals surface area contributed by atoms with Crippen LogP contribution in [-0.4, -0.2) is 45.2 Å². The van der Waals surface area contributed by atoms with Crippen LogP contribution in [0.4, 0.5) is 13.2 Å². The quantitative estimate of drug-likeness (QED) is 0.478. The number of aryl methyl sites for hydroxylation is 1. The van der Waals surface area contributed by atoms with Crippen molar-refractivity contribution >= 4 is 18.0 Å². The van der Waals surface area contributed by atoms with Crippen LogP contribution in [0.5, 0.6) is 0 Å². The second-order valence-corrected chi connectivity index (χ2v) is 6.63. The molecule has 0 bridgehead atoms. The Hall–Kier alpha value is -3.63. The Kier molecular flexibility index (Phi) is 7.56. The van der Waals surface area contributed by atoms with Crippen molar-refractivity contribution in [3.63, 3.8) is 0 Å². The number of aromatic nitrogens is 2. The maximum atomic E-state index is 12.8. The van der Waals surface area contributed by atoms with E-state index < -0.39 is 42.5 Å². The van der Waals surface area contributed by atoms with E-state index in [0.717, 1.165) is 21.3 Å². The van der Waals surface area contributed by atoms with Gasteiger partial charge in [-0.2, -0.15) is 13.2 Å². The van der Waals surface area contributed by atoms with Crippen LogP contribution in [-0.2, 0) is 35.0 Å². The van der Waals surface area contributed by atoms with Crippen LogP contribution in [0, 0.1) is 0 Å². The van der Waals surface area contributed by atoms with Gasteiger partial charge < -0.3 is 14.2 Å². The maximum Gasteiger partial charge on any atom is 0.406 e. The van der Waals surface area contributed by atoms with Gasteiger partial charge in [-0.3, -0.25) is 14.2 Å². The molecule has 0 saturated heterocycles. The molecule has 8 nitrogen and oxygen atoms in total. The van der Waals surface area contributed by atoms with Crippen molar-refractivity contribution in [2.24, 2.45) is 14.1 Å². The SMILES string of the molecule is Cn1cc(/C=C/C(=O)OCC(=O)N(Cc2ccccc2)CC(F)(F)F)c(=O)n(C)c1=O. The predicted molar refractivity (Wildman–Crippen MR) is 105 cm³/mol. The molecule has 0 spiro atoms. The number of rotatable bonds is 7. The summed E-state index contributed by atoms with van der Waals surface area (Å²) >= 11 is 0. The van der Waals surface area contributed by atoms with Gasteiger partial charge in [0.25, 0.3) is 11.5 Å². The number of esters is 1. The number of amides is 1. The van der Waals surface area contributed by atoms with Crippen molar-refractivity contribution in [2.45, 2.75) is 12.7 Å². The predicted octanol–water partition coefficient (Wildman–Crippen LogP) is 1.23. The molecule has 1 aromatic carbocycles. The summed E-state index contributed by atoms with van der Waals surface area (Å²) in [5.74, 6) is -2.06. The Balaban J connectivity index is 2.04. The monoisotopic (exact) mass is 439 g/mol. The number of benzene rings is 1. The Morgan fingerprint density at radius 3 is 2.39 bits per heavy atom. The van der Waals surface area contributed by atoms with Gasteiger partial charge in [-0.05, 0) is 11.6 Å². The number of nitrogens with zero attached hydrogens (tertiary/aromatic N) is 3. The highest BCUT2D eigenvalue weighted by Crippen LogP contribution is 2.18. The number of alkyl halides is 3. The zero-order chi connectivity index (χ0) is 23.2. The van der Waals surface area contributed by atoms with E-state index in [1.807, 2.05) is 0 Å². The molecule has 0 N–H and O–H groups in total. The van der Waals surface area contributed by atoms with Crippen molar-refractivity contribution in [1.29, 1.82) is 0 Å². The molecule has 2 aromatic rings. The van der Waals surface area contributed by atoms with Gasteiger partial charge in [0.05, 0.1) is 5.56 Å². The standard InChI is InChI=1S/C20H20F3N3O5/c1-24-11-15(18(29)25(2)19(24)30)8-9-17(28)31-12-16(27)26(13-20(21,22)23)10-14-6-4-3-5-7-14/h3-9,11H,10,12-13H2,1-2H3/b9-8+. The van der Waals surface area contributed by atoms with Gasteiger partial charge in [-0.15, -0.1) is 0 Å². The van der Waals surface area contributed by atoms with Gasteiger partial charge in [0.15, 0.2) is 6.61 Å². The third kappa shape index (κ3) is 6.98. The molecule has 0 aliphatic rings. The smallest absolute Gasteiger partial charge is 0.406 e. The van der Waals surface area contributed by atoms with Gasteiger partial charge in [0, 0.05) is 32.9 Å². The Morgan fingerprint density at radius 1 is 1.13 bits per heavy atom. The van der Waals surface area contributed by atoms with E-state index in [2.05, 4.69) is 0 Å². The molecule has 0 unspecified atom stereocenters. The lowest BCUT2D eigenvalue weighted by molar-refractivity contribution is -0.166. The number of ether oxygens (including phenoxy) is 1. The van der Waals surface area contributed by atoms with Crippen molar-refractivity contribution in [3.05, 3.63) is 74.6 Å². The first-order valence-corrected chi connectivity index (χ1v) is 8.98. The average molecular weight is 439 g/mol. The highest BCUT2D eigenvalue weighted by molar-refractivity contribution is 5.89. The molecule has 31 heavy (non-hydrogen) atoms. The second-order valence-electron chi connectivity index (χ2n) is 6.63. The Morgan fingerprint density at radius 2 is 1.77 bits per heavy atom. The molecular weight excluding hydrogens is 419 g/mol. The zero-order valence-electron chi connectivity index (χ0n) is 16.8. The van der Waals surface area contributed by atoms with Gasteiger partial charge >= 0.3 is 17.8 Å². The van der Waals surface area contributed by atoms with E-state index in [1.54, 1.807) is 30.3 Å². The number of carbonyl (C=O) groups is 2. The minimum atomic E-state index is -4.63. The van der Waals surface area contributed by atoms with E-state index >= 15 is 0 Å². The van der Waals surface area contributed by atoms with Crippen LogP contribution < -0.4 is 11.2 Å². The summed E-state index contributed by atoms with van der Waals surface area (Å²) in [7, 11) is 2.68. The summed E-state index contributed by atoms with van der Waals surface area (Å²) < 4.78 is 45.2. The molecule has 1 aromatic heterocycles. The zero-order valence-corrected chi connectivity index (χ0v) is 16.8. The van der Waals surface area contributed by atoms with Crippen LogP contribution in [0.3, 0.4) is 0 Å². The van der Waals surface area contributed by atoms with Crippen molar-refractivity contribution in [3.8, 4) is 0 Å². The van der Waals surface area contributed by atoms with Gasteiger partial charge in [-0.1, -0.05) is 30.3 Å². The number of halogens is 3. The first kappa shape index (κ1) is 23.6. The van der Waals surface area contributed by atoms with E-state index in [1.165, 1.54) is 20.3 Å². The summed E-state index contributed by atoms with van der Waals surface area (Å²) in [5, 5.41) is 0. The molecule has 11 heteroatoms. The fourth-order valence-electron chi connectivity index (χ4n) is 2.63. The molecule has 1 heterocycles. The fourth-order valence-corrected chi connectivity index (χ4v) is 2.63. The molecular formula is C20H20F3N3O5. The fraction of sp³-hybridized carbons (Fsp3) is 0.300. The maximum absolute atomic E-state index is 12.8. The molecule has 1 amide bonds. The summed E-state index contributed by atoms with van der Waals surface area (Å²) in [6.45, 7) is -2.71. The summed E-state index contributed by atoms with van der Waals surface area (Å²) in [6, 6.07) is 8.07. The third-order valence-electron chi connectivity index (χ3n) is 4.15. The van der Waals surface area contributed by atoms with Crippen molar-refractivity contribution in [1.82, 2.24) is 14.0 Å². The highest BCUT2D eigenvalue weighted by Gasteiger charge is 2.33. The first-order valence-electron chi connectivity index (χ1n) is 8.98. The molecule has 0 aliphatic heterocycles. The summed E-state index contributed by atoms with van der Waals surface area (Å²) in [6.07, 6.45) is -1.48. The lowest BCUT2D eigenvalue weighted by Gasteiger charge is -2.23. The molecule has 0 aliphatic carbocycles. The van der Waals surface area contributed by atoms with Crippen LogP contribution in [0.1, 0.15) is 11.1 Å². The Labute approximate surface area is 174 Å². The van der Waals surface area contributed by atoms with Crippen LogP contribution >= 0.6 is 0 Å². The molecule has 2 rings (SSSR count). The van der Waals surface area contributed by atoms with E-state index in [0.29, 0.717) is 10.5 Å². The largest absolute Gasteiger partial charge is 0.452 e. The third-order valence-corrected chi connectivity index (χ3v) is 4.15. The van der Waals surface area contributed by atoms with Crippen LogP contribution in [0.15, 0.2) is 52.2 Å². The van der Waals surface area contributed by atoms with Gasteiger partial charge in [0.1, 0.15) is 6.54 Å². The summed E-state index contributed by atoms with van der Waals surface area (Å²) in [4.78, 5) is 48.2. The number of hydrogen-bond donors (Lipinski definition) is 0. The van der Waals surface area contributed by atoms with Gasteiger partial charge in [-0.25, -0.2) is 9.59 Å². The first-order chi connectivity index (χ1) is 14.5. The number of hydrogen-bond acceptors (Lipinski definition) is 5. The topological polar surface area (TPSA) is 90.6 Å². The highest BCUT2D eigenvalue weighted by atomic mass is 19.4. The lowest BCUT2D eigenvalue weighted by Crippen LogP contribution is -2.40. The van der Waals surface area contributed by atoms with Crippen LogP contribution in [0.25, 0.3) is 6.08 Å². The summed E-state index contributed by atoms with van der Waals surface area (Å²) in [5.41, 5.74) is -0.714. The molecule has 0 fully saturated rings. The van der Waals surface area contributed by atoms with Gasteiger partial charge in [0.2, 0.25) is 0 Å². The van der Waals surface area contributed by atoms with Crippen molar-refractivity contribution < 1.29 is 27.5 Å². The molecule has 0 radical (unpaired) electrons. The molecule has 0 atom stereocenters. The van der Waals surface area contributed by atoms with E-state index in [-0.39, 0.29) is 12.1 Å². The lowest BCUT2D eigenvalue weighted by atomic mass is 10.2.